The second-order valence-electron chi connectivity index (χ2n) is 5.16. The van der Waals surface area contributed by atoms with E-state index in [4.69, 9.17) is 5.73 Å². The van der Waals surface area contributed by atoms with Crippen molar-refractivity contribution in [3.63, 3.8) is 0 Å². The molecule has 2 rings (SSSR count). The number of hydrogen-bond donors (Lipinski definition) is 1. The summed E-state index contributed by atoms with van der Waals surface area (Å²) in [5.74, 6) is -0.126. The molecule has 1 fully saturated rings. The third kappa shape index (κ3) is 3.63. The van der Waals surface area contributed by atoms with Gasteiger partial charge in [0.1, 0.15) is 5.82 Å². The number of halogens is 1. The quantitative estimate of drug-likeness (QED) is 0.832. The highest BCUT2D eigenvalue weighted by Crippen LogP contribution is 2.16. The summed E-state index contributed by atoms with van der Waals surface area (Å²) in [6.45, 7) is 2.02. The van der Waals surface area contributed by atoms with Gasteiger partial charge in [0, 0.05) is 31.5 Å². The fourth-order valence-corrected chi connectivity index (χ4v) is 2.41. The Morgan fingerprint density at radius 1 is 1.25 bits per heavy atom. The Kier molecular flexibility index (Phi) is 4.84. The van der Waals surface area contributed by atoms with Gasteiger partial charge in [0.05, 0.1) is 0 Å². The van der Waals surface area contributed by atoms with Crippen molar-refractivity contribution in [3.8, 4) is 0 Å². The van der Waals surface area contributed by atoms with Crippen LogP contribution in [0.4, 0.5) is 4.39 Å². The van der Waals surface area contributed by atoms with E-state index in [-0.39, 0.29) is 30.3 Å². The third-order valence-electron chi connectivity index (χ3n) is 3.70. The van der Waals surface area contributed by atoms with Crippen molar-refractivity contribution in [1.82, 2.24) is 4.90 Å². The minimum absolute atomic E-state index is 0.00332. The number of amides is 1. The van der Waals surface area contributed by atoms with Gasteiger partial charge >= 0.3 is 0 Å². The first-order valence-electron chi connectivity index (χ1n) is 6.86. The Bertz CT molecular complexity index is 487. The second-order valence-corrected chi connectivity index (χ2v) is 5.16. The molecule has 1 aromatic carbocycles. The number of hydrogen-bond acceptors (Lipinski definition) is 3. The minimum atomic E-state index is -0.373. The molecule has 0 aromatic heterocycles. The molecule has 1 amide bonds. The number of nitrogens with zero attached hydrogens (tertiary/aromatic N) is 1. The molecule has 1 heterocycles. The van der Waals surface area contributed by atoms with Gasteiger partial charge in [-0.25, -0.2) is 4.39 Å². The number of ketones is 1. The molecule has 1 atom stereocenters. The maximum Gasteiger partial charge on any atom is 0.223 e. The van der Waals surface area contributed by atoms with Crippen molar-refractivity contribution >= 4 is 11.7 Å². The lowest BCUT2D eigenvalue weighted by atomic mass is 10.1. The number of likely N-dealkylation sites (tertiary alicyclic amines) is 1. The van der Waals surface area contributed by atoms with Crippen molar-refractivity contribution in [2.75, 3.05) is 19.6 Å². The molecule has 4 nitrogen and oxygen atoms in total. The van der Waals surface area contributed by atoms with Crippen LogP contribution < -0.4 is 5.73 Å². The predicted octanol–water partition coefficient (Wildman–Crippen LogP) is 1.60. The zero-order valence-corrected chi connectivity index (χ0v) is 11.3. The summed E-state index contributed by atoms with van der Waals surface area (Å²) in [6, 6.07) is 5.40. The molecule has 0 aliphatic carbocycles. The van der Waals surface area contributed by atoms with E-state index in [0.717, 1.165) is 13.0 Å². The fourth-order valence-electron chi connectivity index (χ4n) is 2.41. The first-order chi connectivity index (χ1) is 9.60. The molecular weight excluding hydrogens is 259 g/mol. The van der Waals surface area contributed by atoms with Gasteiger partial charge in [-0.2, -0.15) is 0 Å². The Balaban J connectivity index is 1.81. The molecule has 0 bridgehead atoms. The number of Topliss-reactive ketones (excluding diaryl/α,β-unsaturated/α-hetero) is 1. The van der Waals surface area contributed by atoms with E-state index < -0.39 is 0 Å². The average Bonchev–Trinajstić information content (AvgIpc) is 2.94. The molecule has 108 valence electrons. The molecule has 0 saturated carbocycles. The normalized spacial score (nSPS) is 18.3. The van der Waals surface area contributed by atoms with E-state index in [1.165, 1.54) is 24.3 Å². The summed E-state index contributed by atoms with van der Waals surface area (Å²) in [6.07, 6.45) is 1.30. The smallest absolute Gasteiger partial charge is 0.223 e. The van der Waals surface area contributed by atoms with Crippen LogP contribution in [-0.4, -0.2) is 36.2 Å². The highest BCUT2D eigenvalue weighted by atomic mass is 19.1. The summed E-state index contributed by atoms with van der Waals surface area (Å²) in [5, 5.41) is 0. The highest BCUT2D eigenvalue weighted by molar-refractivity contribution is 5.97. The molecule has 1 saturated heterocycles. The Labute approximate surface area is 117 Å². The molecule has 0 radical (unpaired) electrons. The van der Waals surface area contributed by atoms with E-state index in [9.17, 15) is 14.0 Å². The molecule has 1 unspecified atom stereocenters. The topological polar surface area (TPSA) is 63.4 Å². The molecule has 1 aliphatic heterocycles. The summed E-state index contributed by atoms with van der Waals surface area (Å²) in [7, 11) is 0. The van der Waals surface area contributed by atoms with Crippen LogP contribution in [0.15, 0.2) is 24.3 Å². The molecule has 1 aliphatic rings. The van der Waals surface area contributed by atoms with Crippen LogP contribution in [0.25, 0.3) is 0 Å². The number of nitrogens with two attached hydrogens (primary N) is 1. The highest BCUT2D eigenvalue weighted by Gasteiger charge is 2.25. The number of benzene rings is 1. The lowest BCUT2D eigenvalue weighted by Crippen LogP contribution is -2.30. The van der Waals surface area contributed by atoms with Crippen LogP contribution in [-0.2, 0) is 4.79 Å². The van der Waals surface area contributed by atoms with Gasteiger partial charge in [0.2, 0.25) is 5.91 Å². The van der Waals surface area contributed by atoms with E-state index in [1.54, 1.807) is 4.90 Å². The predicted molar refractivity (Wildman–Crippen MR) is 73.7 cm³/mol. The molecule has 2 N–H and O–H groups in total. The van der Waals surface area contributed by atoms with Crippen LogP contribution >= 0.6 is 0 Å². The van der Waals surface area contributed by atoms with E-state index in [0.29, 0.717) is 24.6 Å². The summed E-state index contributed by atoms with van der Waals surface area (Å²) < 4.78 is 12.8. The van der Waals surface area contributed by atoms with Crippen LogP contribution in [0.2, 0.25) is 0 Å². The monoisotopic (exact) mass is 278 g/mol. The lowest BCUT2D eigenvalue weighted by Gasteiger charge is -2.15. The molecule has 1 aromatic rings. The molecule has 5 heteroatoms. The van der Waals surface area contributed by atoms with Crippen molar-refractivity contribution in [2.45, 2.75) is 19.3 Å². The van der Waals surface area contributed by atoms with E-state index in [2.05, 4.69) is 0 Å². The third-order valence-corrected chi connectivity index (χ3v) is 3.70. The summed E-state index contributed by atoms with van der Waals surface area (Å²) in [5.41, 5.74) is 6.03. The zero-order chi connectivity index (χ0) is 14.5. The van der Waals surface area contributed by atoms with Crippen LogP contribution in [0.1, 0.15) is 29.6 Å². The van der Waals surface area contributed by atoms with Gasteiger partial charge < -0.3 is 10.6 Å². The van der Waals surface area contributed by atoms with Gasteiger partial charge in [0.15, 0.2) is 5.78 Å². The van der Waals surface area contributed by atoms with Gasteiger partial charge in [0.25, 0.3) is 0 Å². The van der Waals surface area contributed by atoms with Crippen LogP contribution in [0, 0.1) is 11.7 Å². The first-order valence-corrected chi connectivity index (χ1v) is 6.86. The van der Waals surface area contributed by atoms with Gasteiger partial charge in [-0.15, -0.1) is 0 Å². The lowest BCUT2D eigenvalue weighted by molar-refractivity contribution is -0.130. The number of carbonyl (C=O) groups excluding carboxylic acids is 2. The van der Waals surface area contributed by atoms with Crippen molar-refractivity contribution in [2.24, 2.45) is 11.7 Å². The SMILES string of the molecule is NCC1CCN(C(=O)CCC(=O)c2ccc(F)cc2)C1. The fraction of sp³-hybridized carbons (Fsp3) is 0.467. The van der Waals surface area contributed by atoms with Crippen LogP contribution in [0.3, 0.4) is 0 Å². The van der Waals surface area contributed by atoms with Crippen molar-refractivity contribution in [3.05, 3.63) is 35.6 Å². The summed E-state index contributed by atoms with van der Waals surface area (Å²) in [4.78, 5) is 25.6. The minimum Gasteiger partial charge on any atom is -0.342 e. The van der Waals surface area contributed by atoms with Gasteiger partial charge in [-0.1, -0.05) is 0 Å². The largest absolute Gasteiger partial charge is 0.342 e. The van der Waals surface area contributed by atoms with E-state index >= 15 is 0 Å². The molecule has 20 heavy (non-hydrogen) atoms. The number of rotatable bonds is 5. The van der Waals surface area contributed by atoms with Gasteiger partial charge in [-0.3, -0.25) is 9.59 Å². The second kappa shape index (κ2) is 6.61. The Morgan fingerprint density at radius 3 is 2.55 bits per heavy atom. The van der Waals surface area contributed by atoms with E-state index in [1.807, 2.05) is 0 Å². The first kappa shape index (κ1) is 14.7. The van der Waals surface area contributed by atoms with Gasteiger partial charge in [-0.05, 0) is 43.1 Å². The number of carbonyl (C=O) groups is 2. The molecular formula is C15H19FN2O2. The molecule has 0 spiro atoms. The zero-order valence-electron chi connectivity index (χ0n) is 11.3. The summed E-state index contributed by atoms with van der Waals surface area (Å²) >= 11 is 0. The maximum atomic E-state index is 12.8. The Hall–Kier alpha value is -1.75. The maximum absolute atomic E-state index is 12.8. The Morgan fingerprint density at radius 2 is 1.95 bits per heavy atom. The standard InChI is InChI=1S/C15H19FN2O2/c16-13-3-1-12(2-4-13)14(19)5-6-15(20)18-8-7-11(9-17)10-18/h1-4,11H,5-10,17H2. The van der Waals surface area contributed by atoms with Crippen molar-refractivity contribution in [1.29, 1.82) is 0 Å². The van der Waals surface area contributed by atoms with Crippen LogP contribution in [0.5, 0.6) is 0 Å². The average molecular weight is 278 g/mol. The van der Waals surface area contributed by atoms with Crippen molar-refractivity contribution < 1.29 is 14.0 Å².